The molecule has 1 aliphatic carbocycles. The molecule has 1 heterocycles. The fourth-order valence-electron chi connectivity index (χ4n) is 2.74. The summed E-state index contributed by atoms with van der Waals surface area (Å²) >= 11 is 0. The van der Waals surface area contributed by atoms with Crippen LogP contribution in [0.5, 0.6) is 5.75 Å². The largest absolute Gasteiger partial charge is 0.497 e. The highest BCUT2D eigenvalue weighted by atomic mass is 16.5. The van der Waals surface area contributed by atoms with E-state index in [9.17, 15) is 4.79 Å². The molecule has 1 atom stereocenters. The average molecular weight is 274 g/mol. The van der Waals surface area contributed by atoms with Crippen LogP contribution in [0.4, 0.5) is 0 Å². The van der Waals surface area contributed by atoms with E-state index >= 15 is 0 Å². The molecule has 1 saturated carbocycles. The van der Waals surface area contributed by atoms with E-state index in [0.29, 0.717) is 12.6 Å². The lowest BCUT2D eigenvalue weighted by Gasteiger charge is -2.33. The Balaban J connectivity index is 1.61. The van der Waals surface area contributed by atoms with Crippen LogP contribution in [0.1, 0.15) is 31.2 Å². The minimum Gasteiger partial charge on any atom is -0.497 e. The number of ether oxygens (including phenoxy) is 1. The number of carbonyl (C=O) groups is 1. The molecular formula is C16H22N2O2. The maximum Gasteiger partial charge on any atom is 0.240 e. The van der Waals surface area contributed by atoms with Crippen LogP contribution in [0.3, 0.4) is 0 Å². The Bertz CT molecular complexity index is 468. The lowest BCUT2D eigenvalue weighted by Crippen LogP contribution is -2.50. The van der Waals surface area contributed by atoms with Gasteiger partial charge in [-0.15, -0.1) is 0 Å². The number of amides is 1. The second kappa shape index (κ2) is 5.83. The Morgan fingerprint density at radius 1 is 1.25 bits per heavy atom. The van der Waals surface area contributed by atoms with Gasteiger partial charge in [0.25, 0.3) is 0 Å². The number of piperidine rings is 1. The first-order valence-corrected chi connectivity index (χ1v) is 7.44. The zero-order chi connectivity index (χ0) is 13.9. The van der Waals surface area contributed by atoms with Gasteiger partial charge in [-0.3, -0.25) is 4.79 Å². The van der Waals surface area contributed by atoms with Gasteiger partial charge in [-0.05, 0) is 43.4 Å². The van der Waals surface area contributed by atoms with Crippen LogP contribution in [0.15, 0.2) is 24.3 Å². The van der Waals surface area contributed by atoms with E-state index in [1.165, 1.54) is 12.8 Å². The summed E-state index contributed by atoms with van der Waals surface area (Å²) in [5.41, 5.74) is 1.16. The van der Waals surface area contributed by atoms with E-state index in [0.717, 1.165) is 30.7 Å². The van der Waals surface area contributed by atoms with Crippen molar-refractivity contribution in [3.63, 3.8) is 0 Å². The van der Waals surface area contributed by atoms with E-state index in [1.54, 1.807) is 7.11 Å². The van der Waals surface area contributed by atoms with Gasteiger partial charge in [0.1, 0.15) is 5.75 Å². The number of nitrogens with one attached hydrogen (secondary N) is 1. The molecule has 0 spiro atoms. The molecule has 20 heavy (non-hydrogen) atoms. The lowest BCUT2D eigenvalue weighted by molar-refractivity contribution is -0.136. The number of hydrogen-bond donors (Lipinski definition) is 1. The van der Waals surface area contributed by atoms with Gasteiger partial charge in [-0.25, -0.2) is 0 Å². The first-order chi connectivity index (χ1) is 9.76. The number of likely N-dealkylation sites (tertiary alicyclic amines) is 1. The topological polar surface area (TPSA) is 41.6 Å². The first-order valence-electron chi connectivity index (χ1n) is 7.44. The Hall–Kier alpha value is -1.55. The van der Waals surface area contributed by atoms with Gasteiger partial charge in [-0.2, -0.15) is 0 Å². The van der Waals surface area contributed by atoms with E-state index in [-0.39, 0.29) is 11.9 Å². The van der Waals surface area contributed by atoms with Crippen LogP contribution in [-0.4, -0.2) is 36.5 Å². The molecule has 1 aromatic rings. The van der Waals surface area contributed by atoms with Crippen molar-refractivity contribution in [2.75, 3.05) is 13.7 Å². The van der Waals surface area contributed by atoms with E-state index in [4.69, 9.17) is 4.74 Å². The zero-order valence-electron chi connectivity index (χ0n) is 12.0. The standard InChI is InChI=1S/C16H22N2O2/c1-20-14-8-4-12(5-9-14)11-18-10-2-3-15(16(18)19)17-13-6-7-13/h4-5,8-9,13,15,17H,2-3,6-7,10-11H2,1H3. The van der Waals surface area contributed by atoms with Crippen LogP contribution < -0.4 is 10.1 Å². The minimum absolute atomic E-state index is 0.0366. The second-order valence-corrected chi connectivity index (χ2v) is 5.74. The highest BCUT2D eigenvalue weighted by Crippen LogP contribution is 2.23. The Morgan fingerprint density at radius 3 is 2.65 bits per heavy atom. The van der Waals surface area contributed by atoms with E-state index in [1.807, 2.05) is 29.2 Å². The van der Waals surface area contributed by atoms with Crippen molar-refractivity contribution in [2.24, 2.45) is 0 Å². The van der Waals surface area contributed by atoms with Crippen molar-refractivity contribution in [2.45, 2.75) is 44.3 Å². The molecule has 1 N–H and O–H groups in total. The fraction of sp³-hybridized carbons (Fsp3) is 0.562. The lowest BCUT2D eigenvalue weighted by atomic mass is 10.0. The molecule has 1 aliphatic heterocycles. The van der Waals surface area contributed by atoms with Gasteiger partial charge >= 0.3 is 0 Å². The Morgan fingerprint density at radius 2 is 2.00 bits per heavy atom. The van der Waals surface area contributed by atoms with E-state index < -0.39 is 0 Å². The summed E-state index contributed by atoms with van der Waals surface area (Å²) in [6.07, 6.45) is 4.52. The monoisotopic (exact) mass is 274 g/mol. The molecule has 0 radical (unpaired) electrons. The summed E-state index contributed by atoms with van der Waals surface area (Å²) in [5.74, 6) is 1.12. The highest BCUT2D eigenvalue weighted by molar-refractivity contribution is 5.82. The SMILES string of the molecule is COc1ccc(CN2CCCC(NC3CC3)C2=O)cc1. The van der Waals surface area contributed by atoms with Gasteiger partial charge in [0, 0.05) is 19.1 Å². The van der Waals surface area contributed by atoms with Gasteiger partial charge in [0.15, 0.2) is 0 Å². The predicted molar refractivity (Wildman–Crippen MR) is 77.6 cm³/mol. The maximum absolute atomic E-state index is 12.5. The molecule has 1 unspecified atom stereocenters. The van der Waals surface area contributed by atoms with Crippen LogP contribution >= 0.6 is 0 Å². The molecule has 0 aromatic heterocycles. The number of methoxy groups -OCH3 is 1. The predicted octanol–water partition coefficient (Wildman–Crippen LogP) is 1.94. The van der Waals surface area contributed by atoms with Crippen LogP contribution in [0, 0.1) is 0 Å². The van der Waals surface area contributed by atoms with Crippen molar-refractivity contribution >= 4 is 5.91 Å². The molecule has 2 aliphatic rings. The number of rotatable bonds is 5. The molecule has 108 valence electrons. The first kappa shape index (κ1) is 13.4. The second-order valence-electron chi connectivity index (χ2n) is 5.74. The molecule has 1 saturated heterocycles. The third-order valence-corrected chi connectivity index (χ3v) is 4.08. The smallest absolute Gasteiger partial charge is 0.240 e. The number of benzene rings is 1. The van der Waals surface area contributed by atoms with Crippen LogP contribution in [-0.2, 0) is 11.3 Å². The summed E-state index contributed by atoms with van der Waals surface area (Å²) in [6.45, 7) is 1.57. The summed E-state index contributed by atoms with van der Waals surface area (Å²) < 4.78 is 5.16. The van der Waals surface area contributed by atoms with Crippen molar-refractivity contribution in [3.05, 3.63) is 29.8 Å². The van der Waals surface area contributed by atoms with Gasteiger partial charge < -0.3 is 15.0 Å². The number of nitrogens with zero attached hydrogens (tertiary/aromatic N) is 1. The summed E-state index contributed by atoms with van der Waals surface area (Å²) in [4.78, 5) is 14.4. The molecular weight excluding hydrogens is 252 g/mol. The average Bonchev–Trinajstić information content (AvgIpc) is 3.28. The van der Waals surface area contributed by atoms with Gasteiger partial charge in [0.2, 0.25) is 5.91 Å². The molecule has 0 bridgehead atoms. The molecule has 1 aromatic carbocycles. The third-order valence-electron chi connectivity index (χ3n) is 4.08. The Kier molecular flexibility index (Phi) is 3.92. The van der Waals surface area contributed by atoms with Crippen molar-refractivity contribution in [1.82, 2.24) is 10.2 Å². The molecule has 2 fully saturated rings. The summed E-state index contributed by atoms with van der Waals surface area (Å²) in [6, 6.07) is 8.58. The summed E-state index contributed by atoms with van der Waals surface area (Å²) in [7, 11) is 1.66. The molecule has 1 amide bonds. The molecule has 4 nitrogen and oxygen atoms in total. The van der Waals surface area contributed by atoms with Gasteiger partial charge in [0.05, 0.1) is 13.2 Å². The number of hydrogen-bond acceptors (Lipinski definition) is 3. The van der Waals surface area contributed by atoms with Crippen molar-refractivity contribution in [3.8, 4) is 5.75 Å². The quantitative estimate of drug-likeness (QED) is 0.892. The zero-order valence-corrected chi connectivity index (χ0v) is 12.0. The Labute approximate surface area is 120 Å². The highest BCUT2D eigenvalue weighted by Gasteiger charge is 2.33. The van der Waals surface area contributed by atoms with Crippen LogP contribution in [0.2, 0.25) is 0 Å². The normalized spacial score (nSPS) is 22.9. The van der Waals surface area contributed by atoms with Crippen LogP contribution in [0.25, 0.3) is 0 Å². The van der Waals surface area contributed by atoms with Gasteiger partial charge in [-0.1, -0.05) is 12.1 Å². The number of carbonyl (C=O) groups excluding carboxylic acids is 1. The van der Waals surface area contributed by atoms with E-state index in [2.05, 4.69) is 5.32 Å². The fourth-order valence-corrected chi connectivity index (χ4v) is 2.74. The van der Waals surface area contributed by atoms with Crippen molar-refractivity contribution < 1.29 is 9.53 Å². The molecule has 4 heteroatoms. The van der Waals surface area contributed by atoms with Crippen molar-refractivity contribution in [1.29, 1.82) is 0 Å². The minimum atomic E-state index is 0.0366. The summed E-state index contributed by atoms with van der Waals surface area (Å²) in [5, 5.41) is 3.47. The molecule has 3 rings (SSSR count). The third kappa shape index (κ3) is 3.12. The maximum atomic E-state index is 12.5.